The minimum atomic E-state index is -0.645. The predicted octanol–water partition coefficient (Wildman–Crippen LogP) is 1.82. The number of fused-ring (bicyclic) bond motifs is 1. The average molecular weight is 376 g/mol. The second-order valence-electron chi connectivity index (χ2n) is 6.56. The third-order valence-corrected chi connectivity index (χ3v) is 6.12. The van der Waals surface area contributed by atoms with Gasteiger partial charge in [0.1, 0.15) is 6.04 Å². The SMILES string of the molecule is CC(=O)c1cccc(NC(=O)COC(=O)[C@@H]2CS[C@]3(C)CCC(=O)N23)c1. The summed E-state index contributed by atoms with van der Waals surface area (Å²) in [5.41, 5.74) is 0.937. The van der Waals surface area contributed by atoms with E-state index < -0.39 is 24.5 Å². The second kappa shape index (κ2) is 7.11. The molecule has 0 unspecified atom stereocenters. The van der Waals surface area contributed by atoms with Gasteiger partial charge >= 0.3 is 5.97 Å². The smallest absolute Gasteiger partial charge is 0.330 e. The van der Waals surface area contributed by atoms with Crippen LogP contribution in [0.4, 0.5) is 5.69 Å². The zero-order chi connectivity index (χ0) is 18.9. The summed E-state index contributed by atoms with van der Waals surface area (Å²) in [7, 11) is 0. The number of hydrogen-bond donors (Lipinski definition) is 1. The summed E-state index contributed by atoms with van der Waals surface area (Å²) in [5.74, 6) is -0.748. The van der Waals surface area contributed by atoms with Crippen LogP contribution in [0, 0.1) is 0 Å². The summed E-state index contributed by atoms with van der Waals surface area (Å²) in [6.07, 6.45) is 1.15. The fourth-order valence-corrected chi connectivity index (χ4v) is 4.66. The van der Waals surface area contributed by atoms with Gasteiger partial charge in [0.05, 0.1) is 4.87 Å². The summed E-state index contributed by atoms with van der Waals surface area (Å²) < 4.78 is 5.11. The van der Waals surface area contributed by atoms with Crippen molar-refractivity contribution in [3.63, 3.8) is 0 Å². The highest BCUT2D eigenvalue weighted by molar-refractivity contribution is 8.01. The van der Waals surface area contributed by atoms with E-state index in [4.69, 9.17) is 4.74 Å². The summed E-state index contributed by atoms with van der Waals surface area (Å²) in [6, 6.07) is 5.88. The van der Waals surface area contributed by atoms with Crippen molar-refractivity contribution in [3.8, 4) is 0 Å². The molecule has 0 aliphatic carbocycles. The Morgan fingerprint density at radius 3 is 2.88 bits per heavy atom. The first-order valence-electron chi connectivity index (χ1n) is 8.34. The Morgan fingerprint density at radius 1 is 1.38 bits per heavy atom. The number of Topliss-reactive ketones (excluding diaryl/α,β-unsaturated/α-hetero) is 1. The molecule has 7 nitrogen and oxygen atoms in total. The maximum absolute atomic E-state index is 12.3. The molecular weight excluding hydrogens is 356 g/mol. The molecule has 2 atom stereocenters. The fourth-order valence-electron chi connectivity index (χ4n) is 3.24. The van der Waals surface area contributed by atoms with Gasteiger partial charge in [-0.1, -0.05) is 12.1 Å². The first kappa shape index (κ1) is 18.4. The molecule has 1 N–H and O–H groups in total. The Kier molecular flexibility index (Phi) is 5.04. The van der Waals surface area contributed by atoms with Crippen molar-refractivity contribution in [2.45, 2.75) is 37.6 Å². The topological polar surface area (TPSA) is 92.8 Å². The maximum Gasteiger partial charge on any atom is 0.330 e. The molecule has 0 spiro atoms. The lowest BCUT2D eigenvalue weighted by atomic mass is 10.1. The lowest BCUT2D eigenvalue weighted by Gasteiger charge is -2.29. The number of esters is 1. The van der Waals surface area contributed by atoms with Crippen molar-refractivity contribution in [2.24, 2.45) is 0 Å². The third-order valence-electron chi connectivity index (χ3n) is 4.62. The highest BCUT2D eigenvalue weighted by Crippen LogP contribution is 2.47. The van der Waals surface area contributed by atoms with Gasteiger partial charge in [-0.3, -0.25) is 14.4 Å². The molecule has 0 bridgehead atoms. The molecule has 2 amide bonds. The van der Waals surface area contributed by atoms with Crippen molar-refractivity contribution in [2.75, 3.05) is 17.7 Å². The van der Waals surface area contributed by atoms with Gasteiger partial charge < -0.3 is 15.0 Å². The maximum atomic E-state index is 12.3. The minimum Gasteiger partial charge on any atom is -0.454 e. The van der Waals surface area contributed by atoms with Gasteiger partial charge in [-0.25, -0.2) is 4.79 Å². The van der Waals surface area contributed by atoms with Gasteiger partial charge in [-0.05, 0) is 32.4 Å². The molecule has 3 rings (SSSR count). The number of thioether (sulfide) groups is 1. The number of amides is 2. The van der Waals surface area contributed by atoms with Crippen LogP contribution in [0.3, 0.4) is 0 Å². The summed E-state index contributed by atoms with van der Waals surface area (Å²) in [5, 5.41) is 2.59. The van der Waals surface area contributed by atoms with E-state index in [0.29, 0.717) is 29.8 Å². The van der Waals surface area contributed by atoms with Crippen LogP contribution in [0.2, 0.25) is 0 Å². The molecule has 2 saturated heterocycles. The van der Waals surface area contributed by atoms with Crippen molar-refractivity contribution in [1.29, 1.82) is 0 Å². The van der Waals surface area contributed by atoms with Crippen LogP contribution in [0.15, 0.2) is 24.3 Å². The molecule has 1 aromatic rings. The molecule has 0 saturated carbocycles. The summed E-state index contributed by atoms with van der Waals surface area (Å²) >= 11 is 1.57. The van der Waals surface area contributed by atoms with E-state index in [1.54, 1.807) is 40.9 Å². The van der Waals surface area contributed by atoms with Crippen LogP contribution in [0.5, 0.6) is 0 Å². The highest BCUT2D eigenvalue weighted by Gasteiger charge is 2.53. The molecule has 2 aliphatic heterocycles. The minimum absolute atomic E-state index is 0.0510. The van der Waals surface area contributed by atoms with Crippen molar-refractivity contribution in [1.82, 2.24) is 4.90 Å². The molecule has 138 valence electrons. The molecule has 26 heavy (non-hydrogen) atoms. The van der Waals surface area contributed by atoms with Gasteiger partial charge in [0.2, 0.25) is 5.91 Å². The molecule has 0 radical (unpaired) electrons. The van der Waals surface area contributed by atoms with Gasteiger partial charge in [0.15, 0.2) is 12.4 Å². The van der Waals surface area contributed by atoms with Gasteiger partial charge in [-0.15, -0.1) is 11.8 Å². The number of ether oxygens (including phenoxy) is 1. The lowest BCUT2D eigenvalue weighted by molar-refractivity contribution is -0.155. The normalized spacial score (nSPS) is 24.3. The Bertz CT molecular complexity index is 781. The van der Waals surface area contributed by atoms with Crippen LogP contribution in [-0.4, -0.2) is 51.7 Å². The Morgan fingerprint density at radius 2 is 2.15 bits per heavy atom. The van der Waals surface area contributed by atoms with Crippen LogP contribution in [-0.2, 0) is 19.1 Å². The highest BCUT2D eigenvalue weighted by atomic mass is 32.2. The number of hydrogen-bond acceptors (Lipinski definition) is 6. The molecule has 8 heteroatoms. The van der Waals surface area contributed by atoms with Crippen LogP contribution in [0.25, 0.3) is 0 Å². The van der Waals surface area contributed by atoms with Crippen molar-refractivity contribution in [3.05, 3.63) is 29.8 Å². The fraction of sp³-hybridized carbons (Fsp3) is 0.444. The van der Waals surface area contributed by atoms with Gasteiger partial charge in [0, 0.05) is 23.4 Å². The lowest BCUT2D eigenvalue weighted by Crippen LogP contribution is -2.47. The number of ketones is 1. The van der Waals surface area contributed by atoms with Crippen LogP contribution < -0.4 is 5.32 Å². The Balaban J connectivity index is 1.55. The number of anilines is 1. The number of carbonyl (C=O) groups excluding carboxylic acids is 4. The molecular formula is C18H20N2O5S. The molecule has 0 aromatic heterocycles. The van der Waals surface area contributed by atoms with Crippen molar-refractivity contribution >= 4 is 41.0 Å². The first-order chi connectivity index (χ1) is 12.3. The van der Waals surface area contributed by atoms with Gasteiger partial charge in [0.25, 0.3) is 5.91 Å². The molecule has 2 fully saturated rings. The van der Waals surface area contributed by atoms with E-state index in [0.717, 1.165) is 0 Å². The van der Waals surface area contributed by atoms with E-state index >= 15 is 0 Å². The zero-order valence-corrected chi connectivity index (χ0v) is 15.4. The van der Waals surface area contributed by atoms with E-state index in [9.17, 15) is 19.2 Å². The summed E-state index contributed by atoms with van der Waals surface area (Å²) in [4.78, 5) is 49.0. The van der Waals surface area contributed by atoms with Crippen LogP contribution >= 0.6 is 11.8 Å². The summed E-state index contributed by atoms with van der Waals surface area (Å²) in [6.45, 7) is 2.95. The molecule has 2 aliphatic rings. The third kappa shape index (κ3) is 3.60. The van der Waals surface area contributed by atoms with E-state index in [1.165, 1.54) is 6.92 Å². The van der Waals surface area contributed by atoms with E-state index in [2.05, 4.69) is 5.32 Å². The van der Waals surface area contributed by atoms with E-state index in [-0.39, 0.29) is 16.6 Å². The predicted molar refractivity (Wildman–Crippen MR) is 96.8 cm³/mol. The quantitative estimate of drug-likeness (QED) is 0.622. The number of carbonyl (C=O) groups is 4. The number of nitrogens with zero attached hydrogens (tertiary/aromatic N) is 1. The number of rotatable bonds is 5. The first-order valence-corrected chi connectivity index (χ1v) is 9.32. The van der Waals surface area contributed by atoms with Gasteiger partial charge in [-0.2, -0.15) is 0 Å². The monoisotopic (exact) mass is 376 g/mol. The molecule has 1 aromatic carbocycles. The van der Waals surface area contributed by atoms with Crippen LogP contribution in [0.1, 0.15) is 37.0 Å². The molecule has 2 heterocycles. The second-order valence-corrected chi connectivity index (χ2v) is 8.06. The number of nitrogens with one attached hydrogen (secondary N) is 1. The van der Waals surface area contributed by atoms with E-state index in [1.807, 2.05) is 6.92 Å². The number of benzene rings is 1. The largest absolute Gasteiger partial charge is 0.454 e. The van der Waals surface area contributed by atoms with Crippen molar-refractivity contribution < 1.29 is 23.9 Å². The Labute approximate surface area is 155 Å². The zero-order valence-electron chi connectivity index (χ0n) is 14.6. The standard InChI is InChI=1S/C18H20N2O5S/c1-11(21)12-4-3-5-13(8-12)19-15(22)9-25-17(24)14-10-26-18(2)7-6-16(23)20(14)18/h3-5,8,14H,6-7,9-10H2,1-2H3,(H,19,22)/t14-,18+/m0/s1. The Hall–Kier alpha value is -2.35. The average Bonchev–Trinajstić information content (AvgIpc) is 3.09.